The van der Waals surface area contributed by atoms with Gasteiger partial charge < -0.3 is 5.32 Å². The van der Waals surface area contributed by atoms with Crippen molar-refractivity contribution in [2.75, 3.05) is 6.54 Å². The van der Waals surface area contributed by atoms with Crippen LogP contribution in [0.1, 0.15) is 25.7 Å². The molecule has 2 N–H and O–H groups in total. The lowest BCUT2D eigenvalue weighted by molar-refractivity contribution is -0.716. The molecule has 0 aromatic heterocycles. The largest absolute Gasteiger partial charge is 0.344 e. The Morgan fingerprint density at radius 2 is 2.12 bits per heavy atom. The molecule has 2 fully saturated rings. The summed E-state index contributed by atoms with van der Waals surface area (Å²) in [6.45, 7) is 1.40. The molecule has 2 rings (SSSR count). The van der Waals surface area contributed by atoms with E-state index >= 15 is 0 Å². The maximum absolute atomic E-state index is 2.54. The molecular formula is C7H14N+. The Labute approximate surface area is 50.5 Å². The second-order valence-electron chi connectivity index (χ2n) is 3.17. The van der Waals surface area contributed by atoms with Gasteiger partial charge >= 0.3 is 0 Å². The Balaban J connectivity index is 1.92. The van der Waals surface area contributed by atoms with Crippen LogP contribution >= 0.6 is 0 Å². The second-order valence-corrected chi connectivity index (χ2v) is 3.17. The molecule has 2 atom stereocenters. The van der Waals surface area contributed by atoms with E-state index in [0.29, 0.717) is 0 Å². The SMILES string of the molecule is C1C[NH2+]C2CCC2C1. The van der Waals surface area contributed by atoms with Crippen LogP contribution in [0, 0.1) is 5.92 Å². The minimum Gasteiger partial charge on any atom is -0.344 e. The quantitative estimate of drug-likeness (QED) is 0.458. The van der Waals surface area contributed by atoms with Gasteiger partial charge in [-0.2, -0.15) is 0 Å². The van der Waals surface area contributed by atoms with E-state index in [1.807, 2.05) is 0 Å². The Bertz CT molecular complexity index is 78.4. The highest BCUT2D eigenvalue weighted by Crippen LogP contribution is 2.30. The van der Waals surface area contributed by atoms with Crippen LogP contribution in [0.2, 0.25) is 0 Å². The predicted molar refractivity (Wildman–Crippen MR) is 32.5 cm³/mol. The van der Waals surface area contributed by atoms with Crippen molar-refractivity contribution in [2.45, 2.75) is 31.7 Å². The normalized spacial score (nSPS) is 45.0. The lowest BCUT2D eigenvalue weighted by atomic mass is 9.75. The summed E-state index contributed by atoms with van der Waals surface area (Å²) in [4.78, 5) is 0. The summed E-state index contributed by atoms with van der Waals surface area (Å²) in [7, 11) is 0. The van der Waals surface area contributed by atoms with Crippen LogP contribution in [-0.4, -0.2) is 12.6 Å². The van der Waals surface area contributed by atoms with Gasteiger partial charge in [-0.15, -0.1) is 0 Å². The first-order valence-electron chi connectivity index (χ1n) is 3.80. The van der Waals surface area contributed by atoms with Gasteiger partial charge in [-0.25, -0.2) is 0 Å². The summed E-state index contributed by atoms with van der Waals surface area (Å²) < 4.78 is 0. The molecule has 1 aliphatic carbocycles. The maximum atomic E-state index is 2.54. The first kappa shape index (κ1) is 4.80. The second kappa shape index (κ2) is 1.73. The van der Waals surface area contributed by atoms with Crippen molar-refractivity contribution in [2.24, 2.45) is 5.92 Å². The van der Waals surface area contributed by atoms with Gasteiger partial charge in [0.25, 0.3) is 0 Å². The average molecular weight is 112 g/mol. The Morgan fingerprint density at radius 3 is 2.50 bits per heavy atom. The highest BCUT2D eigenvalue weighted by molar-refractivity contribution is 4.80. The van der Waals surface area contributed by atoms with Crippen molar-refractivity contribution in [1.29, 1.82) is 0 Å². The molecule has 46 valence electrons. The summed E-state index contributed by atoms with van der Waals surface area (Å²) in [6.07, 6.45) is 6.04. The Kier molecular flexibility index (Phi) is 1.04. The molecule has 1 nitrogen and oxygen atoms in total. The third kappa shape index (κ3) is 0.576. The fourth-order valence-electron chi connectivity index (χ4n) is 1.98. The third-order valence-electron chi connectivity index (χ3n) is 2.72. The fraction of sp³-hybridized carbons (Fsp3) is 1.00. The minimum atomic E-state index is 1.06. The van der Waals surface area contributed by atoms with Gasteiger partial charge in [0.2, 0.25) is 0 Å². The number of hydrogen-bond acceptors (Lipinski definition) is 0. The van der Waals surface area contributed by atoms with E-state index in [1.165, 1.54) is 32.2 Å². The first-order valence-corrected chi connectivity index (χ1v) is 3.80. The molecule has 1 heteroatoms. The molecule has 1 heterocycles. The smallest absolute Gasteiger partial charge is 0.0887 e. The summed E-state index contributed by atoms with van der Waals surface area (Å²) in [5.41, 5.74) is 0. The number of piperidine rings is 1. The van der Waals surface area contributed by atoms with Gasteiger partial charge in [0.1, 0.15) is 0 Å². The summed E-state index contributed by atoms with van der Waals surface area (Å²) in [5.74, 6) is 1.13. The van der Waals surface area contributed by atoms with Crippen molar-refractivity contribution in [3.63, 3.8) is 0 Å². The van der Waals surface area contributed by atoms with Crippen molar-refractivity contribution in [3.8, 4) is 0 Å². The fourth-order valence-corrected chi connectivity index (χ4v) is 1.98. The lowest BCUT2D eigenvalue weighted by Crippen LogP contribution is -2.95. The van der Waals surface area contributed by atoms with E-state index < -0.39 is 0 Å². The summed E-state index contributed by atoms with van der Waals surface area (Å²) in [5, 5.41) is 2.54. The van der Waals surface area contributed by atoms with E-state index in [4.69, 9.17) is 0 Å². The van der Waals surface area contributed by atoms with Gasteiger partial charge in [0.05, 0.1) is 12.6 Å². The number of hydrogen-bond donors (Lipinski definition) is 1. The van der Waals surface area contributed by atoms with Gasteiger partial charge in [0, 0.05) is 12.3 Å². The maximum Gasteiger partial charge on any atom is 0.0887 e. The molecule has 1 saturated carbocycles. The van der Waals surface area contributed by atoms with Crippen LogP contribution in [0.5, 0.6) is 0 Å². The third-order valence-corrected chi connectivity index (χ3v) is 2.72. The predicted octanol–water partition coefficient (Wildman–Crippen LogP) is 0.122. The van der Waals surface area contributed by atoms with Crippen molar-refractivity contribution < 1.29 is 5.32 Å². The van der Waals surface area contributed by atoms with E-state index in [9.17, 15) is 0 Å². The summed E-state index contributed by atoms with van der Waals surface area (Å²) >= 11 is 0. The van der Waals surface area contributed by atoms with Crippen LogP contribution in [-0.2, 0) is 0 Å². The molecule has 1 saturated heterocycles. The Morgan fingerprint density at radius 1 is 1.12 bits per heavy atom. The van der Waals surface area contributed by atoms with Crippen LogP contribution < -0.4 is 5.32 Å². The molecule has 0 spiro atoms. The van der Waals surface area contributed by atoms with Crippen LogP contribution in [0.15, 0.2) is 0 Å². The highest BCUT2D eigenvalue weighted by atomic mass is 14.9. The molecule has 0 amide bonds. The van der Waals surface area contributed by atoms with Gasteiger partial charge in [-0.1, -0.05) is 0 Å². The number of fused-ring (bicyclic) bond motifs is 1. The molecule has 1 aliphatic heterocycles. The standard InChI is InChI=1S/C7H13N/c1-2-6-3-4-7(6)8-5-1/h6-8H,1-5H2/p+1. The molecule has 2 aliphatic rings. The molecule has 8 heavy (non-hydrogen) atoms. The zero-order valence-corrected chi connectivity index (χ0v) is 5.27. The number of quaternary nitrogens is 1. The highest BCUT2D eigenvalue weighted by Gasteiger charge is 2.35. The topological polar surface area (TPSA) is 16.6 Å². The van der Waals surface area contributed by atoms with Gasteiger partial charge in [-0.05, 0) is 19.3 Å². The Hall–Kier alpha value is -0.0400. The molecule has 0 bridgehead atoms. The molecule has 0 aromatic rings. The lowest BCUT2D eigenvalue weighted by Gasteiger charge is -2.37. The van der Waals surface area contributed by atoms with Gasteiger partial charge in [0.15, 0.2) is 0 Å². The van der Waals surface area contributed by atoms with Crippen molar-refractivity contribution >= 4 is 0 Å². The van der Waals surface area contributed by atoms with E-state index in [1.54, 1.807) is 0 Å². The van der Waals surface area contributed by atoms with Crippen molar-refractivity contribution in [3.05, 3.63) is 0 Å². The van der Waals surface area contributed by atoms with Crippen LogP contribution in [0.25, 0.3) is 0 Å². The summed E-state index contributed by atoms with van der Waals surface area (Å²) in [6, 6.07) is 1.06. The van der Waals surface area contributed by atoms with E-state index in [-0.39, 0.29) is 0 Å². The zero-order chi connectivity index (χ0) is 5.40. The molecule has 2 unspecified atom stereocenters. The zero-order valence-electron chi connectivity index (χ0n) is 5.27. The van der Waals surface area contributed by atoms with E-state index in [2.05, 4.69) is 5.32 Å². The minimum absolute atomic E-state index is 1.06. The molecular weight excluding hydrogens is 98.1 g/mol. The molecule has 0 radical (unpaired) electrons. The molecule has 0 aromatic carbocycles. The number of rotatable bonds is 0. The van der Waals surface area contributed by atoms with Crippen LogP contribution in [0.4, 0.5) is 0 Å². The van der Waals surface area contributed by atoms with E-state index in [0.717, 1.165) is 12.0 Å². The monoisotopic (exact) mass is 112 g/mol. The van der Waals surface area contributed by atoms with Gasteiger partial charge in [-0.3, -0.25) is 0 Å². The average Bonchev–Trinajstić information content (AvgIpc) is 1.72. The van der Waals surface area contributed by atoms with Crippen LogP contribution in [0.3, 0.4) is 0 Å². The van der Waals surface area contributed by atoms with Crippen molar-refractivity contribution in [1.82, 2.24) is 0 Å². The number of nitrogens with two attached hydrogens (primary N) is 1. The first-order chi connectivity index (χ1) is 3.97.